The fraction of sp³-hybridized carbons (Fsp3) is 0.200. The van der Waals surface area contributed by atoms with Crippen LogP contribution in [0.25, 0.3) is 0 Å². The van der Waals surface area contributed by atoms with E-state index in [1.54, 1.807) is 13.2 Å². The summed E-state index contributed by atoms with van der Waals surface area (Å²) in [5.74, 6) is -0.322. The summed E-state index contributed by atoms with van der Waals surface area (Å²) in [4.78, 5) is 0. The Bertz CT molecular complexity index is 581. The van der Waals surface area contributed by atoms with Gasteiger partial charge in [-0.25, -0.2) is 0 Å². The molecule has 4 N–H and O–H groups in total. The molecule has 2 rings (SSSR count). The van der Waals surface area contributed by atoms with Crippen molar-refractivity contribution in [1.29, 1.82) is 0 Å². The van der Waals surface area contributed by atoms with E-state index in [1.165, 1.54) is 6.07 Å². The smallest absolute Gasteiger partial charge is 0.200 e. The molecule has 106 valence electrons. The molecule has 0 heterocycles. The number of aromatic hydroxyl groups is 3. The predicted molar refractivity (Wildman–Crippen MR) is 75.0 cm³/mol. The lowest BCUT2D eigenvalue weighted by Gasteiger charge is -2.09. The minimum atomic E-state index is -0.492. The number of phenolic OH excluding ortho intramolecular Hbond substituents is 3. The topological polar surface area (TPSA) is 82.0 Å². The van der Waals surface area contributed by atoms with Gasteiger partial charge in [-0.15, -0.1) is 0 Å². The minimum absolute atomic E-state index is 0.299. The molecule has 5 nitrogen and oxygen atoms in total. The van der Waals surface area contributed by atoms with E-state index in [1.807, 2.05) is 24.3 Å². The molecule has 0 aromatic heterocycles. The predicted octanol–water partition coefficient (Wildman–Crippen LogP) is 2.10. The number of nitrogens with one attached hydrogen (secondary N) is 1. The van der Waals surface area contributed by atoms with E-state index in [-0.39, 0.29) is 11.5 Å². The van der Waals surface area contributed by atoms with E-state index < -0.39 is 5.75 Å². The number of rotatable bonds is 5. The van der Waals surface area contributed by atoms with Gasteiger partial charge in [0.2, 0.25) is 5.75 Å². The molecular formula is C15H17NO4. The largest absolute Gasteiger partial charge is 0.504 e. The van der Waals surface area contributed by atoms with Crippen LogP contribution in [-0.4, -0.2) is 22.4 Å². The van der Waals surface area contributed by atoms with Crippen LogP contribution in [0.3, 0.4) is 0 Å². The van der Waals surface area contributed by atoms with Crippen molar-refractivity contribution < 1.29 is 20.1 Å². The number of hydrogen-bond donors (Lipinski definition) is 4. The van der Waals surface area contributed by atoms with Gasteiger partial charge in [-0.05, 0) is 23.8 Å². The van der Waals surface area contributed by atoms with Gasteiger partial charge in [-0.3, -0.25) is 0 Å². The molecule has 20 heavy (non-hydrogen) atoms. The SMILES string of the molecule is COc1ccc(CNCc2ccc(O)c(O)c2O)cc1. The van der Waals surface area contributed by atoms with E-state index in [0.717, 1.165) is 11.3 Å². The van der Waals surface area contributed by atoms with E-state index in [9.17, 15) is 15.3 Å². The van der Waals surface area contributed by atoms with Crippen LogP contribution < -0.4 is 10.1 Å². The molecule has 0 radical (unpaired) electrons. The van der Waals surface area contributed by atoms with Crippen molar-refractivity contribution in [2.24, 2.45) is 0 Å². The van der Waals surface area contributed by atoms with Crippen molar-refractivity contribution in [1.82, 2.24) is 5.32 Å². The average molecular weight is 275 g/mol. The first kappa shape index (κ1) is 14.0. The van der Waals surface area contributed by atoms with Crippen LogP contribution in [0.4, 0.5) is 0 Å². The second-order valence-corrected chi connectivity index (χ2v) is 4.39. The van der Waals surface area contributed by atoms with Gasteiger partial charge >= 0.3 is 0 Å². The second kappa shape index (κ2) is 6.16. The normalized spacial score (nSPS) is 10.4. The third kappa shape index (κ3) is 3.13. The van der Waals surface area contributed by atoms with Gasteiger partial charge in [0.15, 0.2) is 11.5 Å². The molecule has 0 spiro atoms. The maximum absolute atomic E-state index is 9.68. The van der Waals surface area contributed by atoms with Crippen LogP contribution in [-0.2, 0) is 13.1 Å². The summed E-state index contributed by atoms with van der Waals surface area (Å²) in [6.45, 7) is 0.997. The summed E-state index contributed by atoms with van der Waals surface area (Å²) in [6, 6.07) is 10.5. The molecule has 0 aliphatic carbocycles. The highest BCUT2D eigenvalue weighted by Gasteiger charge is 2.10. The molecular weight excluding hydrogens is 258 g/mol. The van der Waals surface area contributed by atoms with Gasteiger partial charge in [0.1, 0.15) is 5.75 Å². The van der Waals surface area contributed by atoms with E-state index in [2.05, 4.69) is 5.32 Å². The average Bonchev–Trinajstić information content (AvgIpc) is 2.48. The molecule has 5 heteroatoms. The van der Waals surface area contributed by atoms with Gasteiger partial charge in [-0.2, -0.15) is 0 Å². The number of methoxy groups -OCH3 is 1. The lowest BCUT2D eigenvalue weighted by atomic mass is 10.1. The molecule has 0 saturated heterocycles. The van der Waals surface area contributed by atoms with Crippen molar-refractivity contribution in [2.75, 3.05) is 7.11 Å². The molecule has 0 aliphatic rings. The van der Waals surface area contributed by atoms with E-state index >= 15 is 0 Å². The number of phenols is 3. The zero-order chi connectivity index (χ0) is 14.5. The maximum Gasteiger partial charge on any atom is 0.200 e. The number of ether oxygens (including phenoxy) is 1. The van der Waals surface area contributed by atoms with Crippen LogP contribution in [0.2, 0.25) is 0 Å². The summed E-state index contributed by atoms with van der Waals surface area (Å²) in [5, 5.41) is 31.5. The van der Waals surface area contributed by atoms with Gasteiger partial charge in [0, 0.05) is 18.7 Å². The van der Waals surface area contributed by atoms with Crippen molar-refractivity contribution in [3.63, 3.8) is 0 Å². The number of hydrogen-bond acceptors (Lipinski definition) is 5. The molecule has 0 saturated carbocycles. The molecule has 0 unspecified atom stereocenters. The first-order chi connectivity index (χ1) is 9.61. The highest BCUT2D eigenvalue weighted by atomic mass is 16.5. The molecule has 0 aliphatic heterocycles. The monoisotopic (exact) mass is 275 g/mol. The lowest BCUT2D eigenvalue weighted by molar-refractivity contribution is 0.364. The van der Waals surface area contributed by atoms with Crippen molar-refractivity contribution in [3.8, 4) is 23.0 Å². The summed E-state index contributed by atoms with van der Waals surface area (Å²) >= 11 is 0. The molecule has 2 aromatic carbocycles. The van der Waals surface area contributed by atoms with E-state index in [4.69, 9.17) is 4.74 Å². The number of benzene rings is 2. The molecule has 0 atom stereocenters. The van der Waals surface area contributed by atoms with Crippen LogP contribution >= 0.6 is 0 Å². The summed E-state index contributed by atoms with van der Waals surface area (Å²) in [5.41, 5.74) is 1.60. The second-order valence-electron chi connectivity index (χ2n) is 4.39. The Labute approximate surface area is 117 Å². The van der Waals surface area contributed by atoms with Crippen LogP contribution in [0.15, 0.2) is 36.4 Å². The first-order valence-corrected chi connectivity index (χ1v) is 6.18. The Balaban J connectivity index is 1.94. The molecule has 2 aromatic rings. The lowest BCUT2D eigenvalue weighted by Crippen LogP contribution is -2.12. The fourth-order valence-corrected chi connectivity index (χ4v) is 1.84. The molecule has 0 fully saturated rings. The Hall–Kier alpha value is -2.40. The standard InChI is InChI=1S/C15H17NO4/c1-20-12-5-2-10(3-6-12)8-16-9-11-4-7-13(17)15(19)14(11)18/h2-7,16-19H,8-9H2,1H3. The highest BCUT2D eigenvalue weighted by Crippen LogP contribution is 2.36. The van der Waals surface area contributed by atoms with E-state index in [0.29, 0.717) is 18.7 Å². The quantitative estimate of drug-likeness (QED) is 0.628. The summed E-state index contributed by atoms with van der Waals surface area (Å²) in [7, 11) is 1.62. The van der Waals surface area contributed by atoms with Gasteiger partial charge < -0.3 is 25.4 Å². The summed E-state index contributed by atoms with van der Waals surface area (Å²) < 4.78 is 5.08. The minimum Gasteiger partial charge on any atom is -0.504 e. The third-order valence-corrected chi connectivity index (χ3v) is 3.02. The highest BCUT2D eigenvalue weighted by molar-refractivity contribution is 5.53. The Morgan fingerprint density at radius 1 is 0.900 bits per heavy atom. The Morgan fingerprint density at radius 3 is 2.25 bits per heavy atom. The van der Waals surface area contributed by atoms with Gasteiger partial charge in [0.05, 0.1) is 7.11 Å². The fourth-order valence-electron chi connectivity index (χ4n) is 1.84. The maximum atomic E-state index is 9.68. The third-order valence-electron chi connectivity index (χ3n) is 3.02. The first-order valence-electron chi connectivity index (χ1n) is 6.18. The van der Waals surface area contributed by atoms with Crippen molar-refractivity contribution in [3.05, 3.63) is 47.5 Å². The molecule has 0 amide bonds. The van der Waals surface area contributed by atoms with Gasteiger partial charge in [0.25, 0.3) is 0 Å². The van der Waals surface area contributed by atoms with Crippen LogP contribution in [0.1, 0.15) is 11.1 Å². The summed E-state index contributed by atoms with van der Waals surface area (Å²) in [6.07, 6.45) is 0. The zero-order valence-corrected chi connectivity index (χ0v) is 11.1. The van der Waals surface area contributed by atoms with Gasteiger partial charge in [-0.1, -0.05) is 18.2 Å². The van der Waals surface area contributed by atoms with Crippen molar-refractivity contribution >= 4 is 0 Å². The van der Waals surface area contributed by atoms with Crippen molar-refractivity contribution in [2.45, 2.75) is 13.1 Å². The van der Waals surface area contributed by atoms with Crippen LogP contribution in [0.5, 0.6) is 23.0 Å². The Morgan fingerprint density at radius 2 is 1.60 bits per heavy atom. The van der Waals surface area contributed by atoms with Crippen LogP contribution in [0, 0.1) is 0 Å². The molecule has 0 bridgehead atoms. The zero-order valence-electron chi connectivity index (χ0n) is 11.1. The Kier molecular flexibility index (Phi) is 4.32.